The number of rotatable bonds is 3. The van der Waals surface area contributed by atoms with Crippen molar-refractivity contribution >= 4 is 5.69 Å². The molecule has 0 radical (unpaired) electrons. The predicted octanol–water partition coefficient (Wildman–Crippen LogP) is 2.74. The molecule has 3 heteroatoms. The first-order valence-corrected chi connectivity index (χ1v) is 6.59. The van der Waals surface area contributed by atoms with Crippen LogP contribution in [0.2, 0.25) is 0 Å². The Morgan fingerprint density at radius 1 is 1.35 bits per heavy atom. The van der Waals surface area contributed by atoms with Gasteiger partial charge in [0.05, 0.1) is 5.69 Å². The quantitative estimate of drug-likeness (QED) is 0.874. The van der Waals surface area contributed by atoms with Gasteiger partial charge in [0.1, 0.15) is 0 Å². The first-order valence-electron chi connectivity index (χ1n) is 6.59. The van der Waals surface area contributed by atoms with Gasteiger partial charge in [-0.25, -0.2) is 0 Å². The van der Waals surface area contributed by atoms with Crippen LogP contribution >= 0.6 is 0 Å². The van der Waals surface area contributed by atoms with Crippen LogP contribution in [0.25, 0.3) is 0 Å². The van der Waals surface area contributed by atoms with E-state index in [0.717, 1.165) is 25.0 Å². The molecule has 2 rings (SSSR count). The first-order chi connectivity index (χ1) is 8.09. The van der Waals surface area contributed by atoms with E-state index in [1.807, 2.05) is 10.6 Å². The minimum absolute atomic E-state index is 0.00931. The molecule has 0 amide bonds. The summed E-state index contributed by atoms with van der Waals surface area (Å²) in [6, 6.07) is 4.15. The molecule has 1 aliphatic carbocycles. The molecule has 0 atom stereocenters. The third-order valence-corrected chi connectivity index (χ3v) is 3.54. The van der Waals surface area contributed by atoms with Crippen molar-refractivity contribution in [3.05, 3.63) is 28.2 Å². The zero-order valence-electron chi connectivity index (χ0n) is 10.8. The second kappa shape index (κ2) is 4.94. The molecule has 2 N–H and O–H groups in total. The van der Waals surface area contributed by atoms with Crippen LogP contribution in [0, 0.1) is 5.92 Å². The van der Waals surface area contributed by atoms with Gasteiger partial charge in [0.15, 0.2) is 0 Å². The molecule has 3 nitrogen and oxygen atoms in total. The number of hydrogen-bond donors (Lipinski definition) is 1. The Morgan fingerprint density at radius 3 is 2.59 bits per heavy atom. The van der Waals surface area contributed by atoms with E-state index in [0.29, 0.717) is 17.6 Å². The molecule has 0 aromatic carbocycles. The van der Waals surface area contributed by atoms with E-state index < -0.39 is 0 Å². The maximum Gasteiger partial charge on any atom is 0.274 e. The lowest BCUT2D eigenvalue weighted by atomic mass is 10.1. The minimum atomic E-state index is 0.00931. The summed E-state index contributed by atoms with van der Waals surface area (Å²) < 4.78 is 1.96. The molecule has 0 aliphatic heterocycles. The molecule has 0 saturated heterocycles. The second-order valence-electron chi connectivity index (χ2n) is 5.49. The average molecular weight is 234 g/mol. The molecule has 1 aliphatic rings. The molecule has 1 saturated carbocycles. The van der Waals surface area contributed by atoms with Crippen molar-refractivity contribution in [1.29, 1.82) is 0 Å². The summed E-state index contributed by atoms with van der Waals surface area (Å²) in [7, 11) is 0. The van der Waals surface area contributed by atoms with Crippen LogP contribution in [-0.2, 0) is 6.42 Å². The summed E-state index contributed by atoms with van der Waals surface area (Å²) in [4.78, 5) is 12.2. The normalized spacial score (nSPS) is 16.9. The highest BCUT2D eigenvalue weighted by atomic mass is 16.1. The summed E-state index contributed by atoms with van der Waals surface area (Å²) in [6.45, 7) is 4.36. The highest BCUT2D eigenvalue weighted by molar-refractivity contribution is 5.36. The van der Waals surface area contributed by atoms with Crippen molar-refractivity contribution in [2.24, 2.45) is 5.92 Å². The van der Waals surface area contributed by atoms with Gasteiger partial charge in [-0.2, -0.15) is 0 Å². The number of nitrogens with two attached hydrogens (primary N) is 1. The van der Waals surface area contributed by atoms with Crippen LogP contribution in [0.4, 0.5) is 5.69 Å². The fourth-order valence-corrected chi connectivity index (χ4v) is 2.75. The standard InChI is InChI=1S/C14H22N2O/c1-10(2)9-12-7-8-13(15)14(17)16(12)11-5-3-4-6-11/h7-8,10-11H,3-6,9,15H2,1-2H3. The van der Waals surface area contributed by atoms with Gasteiger partial charge < -0.3 is 10.3 Å². The monoisotopic (exact) mass is 234 g/mol. The molecule has 1 aromatic rings. The lowest BCUT2D eigenvalue weighted by molar-refractivity contribution is 0.468. The summed E-state index contributed by atoms with van der Waals surface area (Å²) >= 11 is 0. The number of nitrogens with zero attached hydrogens (tertiary/aromatic N) is 1. The Bertz CT molecular complexity index is 442. The zero-order valence-corrected chi connectivity index (χ0v) is 10.8. The van der Waals surface area contributed by atoms with E-state index in [1.165, 1.54) is 12.8 Å². The van der Waals surface area contributed by atoms with Gasteiger partial charge >= 0.3 is 0 Å². The van der Waals surface area contributed by atoms with Gasteiger partial charge in [-0.05, 0) is 37.3 Å². The van der Waals surface area contributed by atoms with Crippen molar-refractivity contribution in [2.45, 2.75) is 52.0 Å². The number of pyridine rings is 1. The number of nitrogen functional groups attached to an aromatic ring is 1. The molecule has 1 aromatic heterocycles. The molecule has 0 bridgehead atoms. The Labute approximate surface area is 103 Å². The van der Waals surface area contributed by atoms with Crippen molar-refractivity contribution in [1.82, 2.24) is 4.57 Å². The van der Waals surface area contributed by atoms with E-state index in [9.17, 15) is 4.79 Å². The van der Waals surface area contributed by atoms with Crippen molar-refractivity contribution in [2.75, 3.05) is 5.73 Å². The lowest BCUT2D eigenvalue weighted by Gasteiger charge is -2.20. The molecule has 94 valence electrons. The van der Waals surface area contributed by atoms with Crippen LogP contribution in [0.15, 0.2) is 16.9 Å². The Morgan fingerprint density at radius 2 is 2.00 bits per heavy atom. The smallest absolute Gasteiger partial charge is 0.274 e. The summed E-state index contributed by atoms with van der Waals surface area (Å²) in [5.74, 6) is 0.561. The number of hydrogen-bond acceptors (Lipinski definition) is 2. The van der Waals surface area contributed by atoms with Crippen LogP contribution in [0.5, 0.6) is 0 Å². The van der Waals surface area contributed by atoms with Crippen LogP contribution < -0.4 is 11.3 Å². The lowest BCUT2D eigenvalue weighted by Crippen LogP contribution is -2.29. The van der Waals surface area contributed by atoms with Gasteiger partial charge in [-0.3, -0.25) is 4.79 Å². The molecule has 1 fully saturated rings. The fourth-order valence-electron chi connectivity index (χ4n) is 2.75. The van der Waals surface area contributed by atoms with Crippen LogP contribution in [0.1, 0.15) is 51.3 Å². The average Bonchev–Trinajstić information content (AvgIpc) is 2.76. The van der Waals surface area contributed by atoms with Crippen molar-refractivity contribution in [3.63, 3.8) is 0 Å². The van der Waals surface area contributed by atoms with Gasteiger partial charge in [-0.1, -0.05) is 26.7 Å². The van der Waals surface area contributed by atoms with Crippen LogP contribution in [-0.4, -0.2) is 4.57 Å². The van der Waals surface area contributed by atoms with Crippen LogP contribution in [0.3, 0.4) is 0 Å². The Balaban J connectivity index is 2.44. The topological polar surface area (TPSA) is 48.0 Å². The van der Waals surface area contributed by atoms with E-state index in [2.05, 4.69) is 13.8 Å². The van der Waals surface area contributed by atoms with E-state index >= 15 is 0 Å². The molecule has 1 heterocycles. The van der Waals surface area contributed by atoms with Gasteiger partial charge in [0.25, 0.3) is 5.56 Å². The minimum Gasteiger partial charge on any atom is -0.394 e. The maximum absolute atomic E-state index is 12.2. The molecule has 17 heavy (non-hydrogen) atoms. The predicted molar refractivity (Wildman–Crippen MR) is 71.2 cm³/mol. The second-order valence-corrected chi connectivity index (χ2v) is 5.49. The highest BCUT2D eigenvalue weighted by Gasteiger charge is 2.21. The van der Waals surface area contributed by atoms with Gasteiger partial charge in [0.2, 0.25) is 0 Å². The molecule has 0 spiro atoms. The highest BCUT2D eigenvalue weighted by Crippen LogP contribution is 2.30. The largest absolute Gasteiger partial charge is 0.394 e. The van der Waals surface area contributed by atoms with E-state index in [4.69, 9.17) is 5.73 Å². The summed E-state index contributed by atoms with van der Waals surface area (Å²) in [5, 5.41) is 0. The molecule has 0 unspecified atom stereocenters. The van der Waals surface area contributed by atoms with E-state index in [-0.39, 0.29) is 5.56 Å². The fraction of sp³-hybridized carbons (Fsp3) is 0.643. The maximum atomic E-state index is 12.2. The van der Waals surface area contributed by atoms with Crippen molar-refractivity contribution < 1.29 is 0 Å². The Kier molecular flexibility index (Phi) is 3.55. The van der Waals surface area contributed by atoms with E-state index in [1.54, 1.807) is 6.07 Å². The van der Waals surface area contributed by atoms with Gasteiger partial charge in [-0.15, -0.1) is 0 Å². The number of anilines is 1. The van der Waals surface area contributed by atoms with Crippen molar-refractivity contribution in [3.8, 4) is 0 Å². The zero-order chi connectivity index (χ0) is 12.4. The van der Waals surface area contributed by atoms with Gasteiger partial charge in [0, 0.05) is 11.7 Å². The first kappa shape index (κ1) is 12.2. The SMILES string of the molecule is CC(C)Cc1ccc(N)c(=O)n1C1CCCC1. The third kappa shape index (κ3) is 2.54. The number of aromatic nitrogens is 1. The summed E-state index contributed by atoms with van der Waals surface area (Å²) in [6.07, 6.45) is 5.65. The molecular weight excluding hydrogens is 212 g/mol. The molecular formula is C14H22N2O. The third-order valence-electron chi connectivity index (χ3n) is 3.54. The Hall–Kier alpha value is -1.25. The summed E-state index contributed by atoms with van der Waals surface area (Å²) in [5.41, 5.74) is 7.29.